The molecule has 0 saturated heterocycles. The Morgan fingerprint density at radius 3 is 2.50 bits per heavy atom. The summed E-state index contributed by atoms with van der Waals surface area (Å²) in [6, 6.07) is 15.1. The van der Waals surface area contributed by atoms with Gasteiger partial charge in [0.1, 0.15) is 11.5 Å². The van der Waals surface area contributed by atoms with E-state index in [1.165, 1.54) is 0 Å². The molecular weight excluding hydrogens is 328 g/mol. The Morgan fingerprint density at radius 1 is 1.08 bits per heavy atom. The van der Waals surface area contributed by atoms with Crippen molar-refractivity contribution in [3.05, 3.63) is 75.0 Å². The molecule has 0 fully saturated rings. The van der Waals surface area contributed by atoms with Gasteiger partial charge in [0, 0.05) is 11.6 Å². The summed E-state index contributed by atoms with van der Waals surface area (Å²) in [5, 5.41) is 4.59. The maximum absolute atomic E-state index is 13.0. The number of nitrogens with one attached hydrogen (secondary N) is 1. The van der Waals surface area contributed by atoms with Crippen molar-refractivity contribution in [1.29, 1.82) is 0 Å². The molecule has 0 aliphatic carbocycles. The fourth-order valence-corrected chi connectivity index (χ4v) is 2.82. The van der Waals surface area contributed by atoms with Gasteiger partial charge in [0.05, 0.1) is 30.5 Å². The molecule has 1 N–H and O–H groups in total. The van der Waals surface area contributed by atoms with Gasteiger partial charge in [-0.25, -0.2) is 4.68 Å². The summed E-state index contributed by atoms with van der Waals surface area (Å²) >= 11 is 0. The third kappa shape index (κ3) is 3.42. The van der Waals surface area contributed by atoms with E-state index in [1.54, 1.807) is 25.0 Å². The molecule has 1 aromatic heterocycles. The van der Waals surface area contributed by atoms with Crippen molar-refractivity contribution < 1.29 is 9.47 Å². The molecule has 0 unspecified atom stereocenters. The zero-order valence-electron chi connectivity index (χ0n) is 15.2. The van der Waals surface area contributed by atoms with Crippen LogP contribution in [0.4, 0.5) is 0 Å². The van der Waals surface area contributed by atoms with Gasteiger partial charge < -0.3 is 9.47 Å². The van der Waals surface area contributed by atoms with E-state index >= 15 is 0 Å². The van der Waals surface area contributed by atoms with Crippen LogP contribution in [0, 0.1) is 0 Å². The number of aromatic nitrogens is 2. The van der Waals surface area contributed by atoms with Gasteiger partial charge in [-0.1, -0.05) is 31.2 Å². The van der Waals surface area contributed by atoms with Crippen LogP contribution in [-0.2, 0) is 0 Å². The Kier molecular flexibility index (Phi) is 5.27. The lowest BCUT2D eigenvalue weighted by Gasteiger charge is -2.06. The van der Waals surface area contributed by atoms with E-state index in [4.69, 9.17) is 9.47 Å². The van der Waals surface area contributed by atoms with Crippen LogP contribution in [0.3, 0.4) is 0 Å². The first kappa shape index (κ1) is 17.6. The Hall–Kier alpha value is -3.21. The monoisotopic (exact) mass is 350 g/mol. The summed E-state index contributed by atoms with van der Waals surface area (Å²) in [6.45, 7) is 2.04. The van der Waals surface area contributed by atoms with Crippen LogP contribution in [0.15, 0.2) is 53.3 Å². The first-order valence-corrected chi connectivity index (χ1v) is 8.48. The molecule has 2 aromatic carbocycles. The van der Waals surface area contributed by atoms with Gasteiger partial charge in [-0.15, -0.1) is 0 Å². The Morgan fingerprint density at radius 2 is 1.85 bits per heavy atom. The average Bonchev–Trinajstić information content (AvgIpc) is 2.99. The number of rotatable bonds is 5. The topological polar surface area (TPSA) is 56.2 Å². The molecule has 0 radical (unpaired) electrons. The molecule has 3 rings (SSSR count). The highest BCUT2D eigenvalue weighted by molar-refractivity contribution is 5.59. The Labute approximate surface area is 151 Å². The van der Waals surface area contributed by atoms with Gasteiger partial charge in [-0.05, 0) is 36.8 Å². The van der Waals surface area contributed by atoms with E-state index in [1.807, 2.05) is 61.5 Å². The first-order valence-electron chi connectivity index (χ1n) is 8.48. The molecule has 0 amide bonds. The molecule has 0 bridgehead atoms. The quantitative estimate of drug-likeness (QED) is 0.768. The number of nitrogens with zero attached hydrogens (tertiary/aromatic N) is 1. The lowest BCUT2D eigenvalue weighted by Crippen LogP contribution is -2.34. The van der Waals surface area contributed by atoms with Crippen molar-refractivity contribution in [2.45, 2.75) is 13.3 Å². The van der Waals surface area contributed by atoms with Gasteiger partial charge in [-0.2, -0.15) is 0 Å². The molecule has 3 aromatic rings. The average molecular weight is 350 g/mol. The number of H-pyrrole nitrogens is 1. The number of benzene rings is 2. The Bertz CT molecular complexity index is 1060. The summed E-state index contributed by atoms with van der Waals surface area (Å²) in [5.41, 5.74) is 1.51. The fourth-order valence-electron chi connectivity index (χ4n) is 2.82. The third-order valence-electron chi connectivity index (χ3n) is 4.12. The van der Waals surface area contributed by atoms with Crippen LogP contribution < -0.4 is 25.6 Å². The number of hydrogen-bond acceptors (Lipinski definition) is 3. The predicted molar refractivity (Wildman–Crippen MR) is 104 cm³/mol. The highest BCUT2D eigenvalue weighted by Gasteiger charge is 2.08. The predicted octanol–water partition coefficient (Wildman–Crippen LogP) is 2.20. The highest BCUT2D eigenvalue weighted by atomic mass is 16.5. The number of para-hydroxylation sites is 1. The molecule has 0 atom stereocenters. The maximum atomic E-state index is 13.0. The van der Waals surface area contributed by atoms with Crippen molar-refractivity contribution in [1.82, 2.24) is 9.78 Å². The highest BCUT2D eigenvalue weighted by Crippen LogP contribution is 2.24. The van der Waals surface area contributed by atoms with Crippen molar-refractivity contribution in [2.24, 2.45) is 0 Å². The van der Waals surface area contributed by atoms with Crippen molar-refractivity contribution in [2.75, 3.05) is 14.2 Å². The van der Waals surface area contributed by atoms with Crippen molar-refractivity contribution in [3.8, 4) is 17.2 Å². The van der Waals surface area contributed by atoms with E-state index in [2.05, 4.69) is 5.10 Å². The van der Waals surface area contributed by atoms with Gasteiger partial charge >= 0.3 is 0 Å². The zero-order valence-corrected chi connectivity index (χ0v) is 15.2. The van der Waals surface area contributed by atoms with Crippen LogP contribution in [-0.4, -0.2) is 24.0 Å². The second-order valence-electron chi connectivity index (χ2n) is 5.78. The minimum Gasteiger partial charge on any atom is -0.497 e. The number of ether oxygens (including phenoxy) is 2. The summed E-state index contributed by atoms with van der Waals surface area (Å²) in [7, 11) is 3.21. The van der Waals surface area contributed by atoms with Gasteiger partial charge in [0.25, 0.3) is 5.56 Å². The molecule has 5 heteroatoms. The van der Waals surface area contributed by atoms with E-state index in [0.29, 0.717) is 16.7 Å². The van der Waals surface area contributed by atoms with Gasteiger partial charge in [-0.3, -0.25) is 9.89 Å². The van der Waals surface area contributed by atoms with E-state index in [-0.39, 0.29) is 5.56 Å². The van der Waals surface area contributed by atoms with E-state index in [9.17, 15) is 4.79 Å². The molecule has 1 heterocycles. The standard InChI is InChI=1S/C21H22N2O3/c1-4-8-19-18(13-15-11-12-17(25-2)14-20(15)26-3)21(24)23(22-19)16-9-6-5-7-10-16/h5-14,22H,4H2,1-3H3. The minimum atomic E-state index is -0.103. The van der Waals surface area contributed by atoms with E-state index in [0.717, 1.165) is 23.0 Å². The molecule has 5 nitrogen and oxygen atoms in total. The molecule has 26 heavy (non-hydrogen) atoms. The van der Waals surface area contributed by atoms with Crippen LogP contribution in [0.1, 0.15) is 18.9 Å². The summed E-state index contributed by atoms with van der Waals surface area (Å²) in [5.74, 6) is 1.36. The minimum absolute atomic E-state index is 0.103. The lowest BCUT2D eigenvalue weighted by atomic mass is 10.1. The normalized spacial score (nSPS) is 12.4. The summed E-state index contributed by atoms with van der Waals surface area (Å²) in [6.07, 6.45) is 4.66. The maximum Gasteiger partial charge on any atom is 0.279 e. The molecular formula is C21H22N2O3. The van der Waals surface area contributed by atoms with Crippen LogP contribution >= 0.6 is 0 Å². The zero-order chi connectivity index (χ0) is 18.5. The molecule has 0 saturated carbocycles. The third-order valence-corrected chi connectivity index (χ3v) is 4.12. The number of hydrogen-bond donors (Lipinski definition) is 1. The van der Waals surface area contributed by atoms with Gasteiger partial charge in [0.2, 0.25) is 0 Å². The second kappa shape index (κ2) is 7.78. The van der Waals surface area contributed by atoms with Gasteiger partial charge in [0.15, 0.2) is 0 Å². The first-order chi connectivity index (χ1) is 12.7. The van der Waals surface area contributed by atoms with Crippen LogP contribution in [0.25, 0.3) is 17.8 Å². The number of aromatic amines is 1. The largest absolute Gasteiger partial charge is 0.497 e. The van der Waals surface area contributed by atoms with E-state index < -0.39 is 0 Å². The SMILES string of the molecule is CCC=c1[nH]n(-c2ccccc2)c(=O)c1=Cc1ccc(OC)cc1OC. The molecule has 134 valence electrons. The summed E-state index contributed by atoms with van der Waals surface area (Å²) < 4.78 is 12.2. The molecule has 0 spiro atoms. The Balaban J connectivity index is 2.25. The molecule has 0 aliphatic heterocycles. The lowest BCUT2D eigenvalue weighted by molar-refractivity contribution is 0.393. The molecule has 0 aliphatic rings. The number of methoxy groups -OCH3 is 2. The van der Waals surface area contributed by atoms with Crippen molar-refractivity contribution >= 4 is 12.2 Å². The smallest absolute Gasteiger partial charge is 0.279 e. The van der Waals surface area contributed by atoms with Crippen LogP contribution in [0.5, 0.6) is 11.5 Å². The van der Waals surface area contributed by atoms with Crippen LogP contribution in [0.2, 0.25) is 0 Å². The second-order valence-corrected chi connectivity index (χ2v) is 5.78. The fraction of sp³-hybridized carbons (Fsp3) is 0.190. The van der Waals surface area contributed by atoms with Crippen molar-refractivity contribution in [3.63, 3.8) is 0 Å². The summed E-state index contributed by atoms with van der Waals surface area (Å²) in [4.78, 5) is 13.0.